The summed E-state index contributed by atoms with van der Waals surface area (Å²) in [5.41, 5.74) is 16.2. The monoisotopic (exact) mass is 896 g/mol. The predicted octanol–water partition coefficient (Wildman–Crippen LogP) is 16.0. The molecule has 0 saturated heterocycles. The van der Waals surface area contributed by atoms with E-state index in [1.807, 2.05) is 0 Å². The van der Waals surface area contributed by atoms with Gasteiger partial charge in [-0.25, -0.2) is 0 Å². The molecule has 0 heterocycles. The van der Waals surface area contributed by atoms with Gasteiger partial charge in [-0.3, -0.25) is 0 Å². The Morgan fingerprint density at radius 3 is 1.24 bits per heavy atom. The maximum absolute atomic E-state index is 3.95. The first-order valence-corrected chi connectivity index (χ1v) is 35.4. The first kappa shape index (κ1) is 41.7. The molecule has 58 heavy (non-hydrogen) atoms. The largest absolute Gasteiger partial charge is 0.147 e. The van der Waals surface area contributed by atoms with E-state index in [9.17, 15) is 0 Å². The van der Waals surface area contributed by atoms with Crippen LogP contribution >= 0.6 is 24.8 Å². The Morgan fingerprint density at radius 2 is 0.828 bits per heavy atom. The van der Waals surface area contributed by atoms with Crippen molar-refractivity contribution in [1.82, 2.24) is 0 Å². The van der Waals surface area contributed by atoms with Gasteiger partial charge in [0.2, 0.25) is 0 Å². The van der Waals surface area contributed by atoms with Crippen LogP contribution in [0.4, 0.5) is 0 Å². The normalized spacial score (nSPS) is 20.6. The minimum Gasteiger partial charge on any atom is -0.147 e. The van der Waals surface area contributed by atoms with E-state index in [-0.39, 0.29) is 24.8 Å². The summed E-state index contributed by atoms with van der Waals surface area (Å²) in [6.07, 6.45) is 18.9. The molecule has 6 aromatic rings. The molecule has 10 rings (SSSR count). The van der Waals surface area contributed by atoms with Crippen LogP contribution < -0.4 is 0 Å². The molecule has 0 nitrogen and oxygen atoms in total. The van der Waals surface area contributed by atoms with Gasteiger partial charge in [-0.05, 0) is 0 Å². The third-order valence-corrected chi connectivity index (χ3v) is 32.7. The zero-order valence-corrected chi connectivity index (χ0v) is 40.5. The third kappa shape index (κ3) is 7.01. The van der Waals surface area contributed by atoms with Crippen LogP contribution in [0.3, 0.4) is 0 Å². The molecule has 4 heteroatoms. The predicted molar refractivity (Wildman–Crippen MR) is 257 cm³/mol. The Balaban J connectivity index is 0.00000235. The number of rotatable bonds is 8. The van der Waals surface area contributed by atoms with Crippen LogP contribution in [0.1, 0.15) is 108 Å². The Hall–Kier alpha value is -3.00. The Morgan fingerprint density at radius 1 is 0.483 bits per heavy atom. The van der Waals surface area contributed by atoms with Crippen LogP contribution in [-0.2, 0) is 17.4 Å². The zero-order chi connectivity index (χ0) is 38.3. The zero-order valence-electron chi connectivity index (χ0n) is 35.0. The number of allylic oxidation sites excluding steroid dienone is 2. The van der Waals surface area contributed by atoms with Gasteiger partial charge in [0.1, 0.15) is 0 Å². The van der Waals surface area contributed by atoms with Gasteiger partial charge in [-0.2, -0.15) is 0 Å². The average Bonchev–Trinajstić information content (AvgIpc) is 3.99. The number of hydrogen-bond donors (Lipinski definition) is 0. The standard InChI is InChI=1S/2C26H25.2CH3.2ClH.H2Si.Zr/c2*1-26(14-4-5-15-26)18-19-16-21-10-7-13-24(25(21)17-19)23-12-6-9-20-8-2-3-11-22(20)23;;;;;;/h2*2-3,6-13,16-17H,4-5,14-15,18H2,1H3;2*1H3;2*1H;1H2;. The summed E-state index contributed by atoms with van der Waals surface area (Å²) < 4.78 is 6.80. The Bertz CT molecular complexity index is 2490. The molecule has 4 aliphatic rings. The molecule has 298 valence electrons. The van der Waals surface area contributed by atoms with E-state index in [1.165, 1.54) is 119 Å². The number of fused-ring (bicyclic) bond motifs is 4. The molecular weight excluding hydrogens is 839 g/mol. The van der Waals surface area contributed by atoms with Gasteiger partial charge in [-0.15, -0.1) is 24.8 Å². The van der Waals surface area contributed by atoms with E-state index in [4.69, 9.17) is 0 Å². The summed E-state index contributed by atoms with van der Waals surface area (Å²) in [4.78, 5) is 0. The SMILES string of the molecule is CC1(CC2=Cc3c(-c4cccc5ccccc45)cccc3[CH]2[Zr]([CH3])([CH3])(=[SiH2])[CH]2C(CC3(C)CCCC3)=Cc3c(-c4cccc5ccccc45)cccc32)CCCC1.Cl.Cl. The van der Waals surface area contributed by atoms with E-state index in [0.29, 0.717) is 18.1 Å². The first-order valence-electron chi connectivity index (χ1n) is 21.7. The van der Waals surface area contributed by atoms with E-state index in [0.717, 1.165) is 0 Å². The van der Waals surface area contributed by atoms with Gasteiger partial charge >= 0.3 is 340 Å². The van der Waals surface area contributed by atoms with E-state index in [1.54, 1.807) is 22.3 Å². The van der Waals surface area contributed by atoms with Crippen LogP contribution in [0.2, 0.25) is 9.26 Å². The quantitative estimate of drug-likeness (QED) is 0.134. The summed E-state index contributed by atoms with van der Waals surface area (Å²) in [7, 11) is 0. The van der Waals surface area contributed by atoms with Crippen LogP contribution in [0, 0.1) is 10.8 Å². The van der Waals surface area contributed by atoms with E-state index >= 15 is 0 Å². The van der Waals surface area contributed by atoms with Gasteiger partial charge in [0.05, 0.1) is 0 Å². The summed E-state index contributed by atoms with van der Waals surface area (Å²) in [5.74, 6) is 0. The molecule has 0 aromatic heterocycles. The van der Waals surface area contributed by atoms with Gasteiger partial charge in [-0.1, -0.05) is 0 Å². The molecule has 0 N–H and O–H groups in total. The molecule has 0 aliphatic heterocycles. The summed E-state index contributed by atoms with van der Waals surface area (Å²) in [6, 6.07) is 46.6. The third-order valence-electron chi connectivity index (χ3n) is 15.2. The van der Waals surface area contributed by atoms with Crippen LogP contribution in [0.5, 0.6) is 0 Å². The van der Waals surface area contributed by atoms with Crippen molar-refractivity contribution in [3.05, 3.63) is 155 Å². The van der Waals surface area contributed by atoms with Crippen LogP contribution in [-0.4, -0.2) is 6.88 Å². The second-order valence-electron chi connectivity index (χ2n) is 20.3. The fourth-order valence-electron chi connectivity index (χ4n) is 12.8. The molecule has 0 amide bonds. The van der Waals surface area contributed by atoms with Crippen molar-refractivity contribution in [2.45, 2.75) is 94.6 Å². The van der Waals surface area contributed by atoms with Crippen molar-refractivity contribution in [2.24, 2.45) is 10.8 Å². The van der Waals surface area contributed by atoms with Gasteiger partial charge < -0.3 is 0 Å². The molecule has 4 aliphatic carbocycles. The summed E-state index contributed by atoms with van der Waals surface area (Å²) in [5, 5.41) is 5.38. The molecule has 2 fully saturated rings. The van der Waals surface area contributed by atoms with Gasteiger partial charge in [0.15, 0.2) is 0 Å². The molecular formula is C54H60Cl2SiZr. The second-order valence-corrected chi connectivity index (χ2v) is 50.8. The first-order chi connectivity index (χ1) is 27.0. The fraction of sp³-hybridized carbons (Fsp3) is 0.333. The second kappa shape index (κ2) is 15.5. The van der Waals surface area contributed by atoms with E-state index < -0.39 is 17.4 Å². The van der Waals surface area contributed by atoms with Crippen molar-refractivity contribution >= 4 is 65.4 Å². The molecule has 6 aromatic carbocycles. The number of hydrogen-bond acceptors (Lipinski definition) is 0. The van der Waals surface area contributed by atoms with Crippen molar-refractivity contribution < 1.29 is 17.4 Å². The van der Waals surface area contributed by atoms with Crippen molar-refractivity contribution in [3.63, 3.8) is 0 Å². The number of benzene rings is 6. The molecule has 0 spiro atoms. The molecule has 2 unspecified atom stereocenters. The average molecular weight is 899 g/mol. The minimum absolute atomic E-state index is 0. The van der Waals surface area contributed by atoms with Crippen molar-refractivity contribution in [3.8, 4) is 22.3 Å². The number of halogens is 2. The summed E-state index contributed by atoms with van der Waals surface area (Å²) in [6.45, 7) is 7.79. The fourth-order valence-corrected chi connectivity index (χ4v) is 32.5. The molecule has 2 atom stereocenters. The topological polar surface area (TPSA) is 0 Å². The van der Waals surface area contributed by atoms with Crippen LogP contribution in [0.15, 0.2) is 132 Å². The molecule has 0 radical (unpaired) electrons. The van der Waals surface area contributed by atoms with Gasteiger partial charge in [0.25, 0.3) is 0 Å². The smallest absolute Gasteiger partial charge is 0.147 e. The Labute approximate surface area is 362 Å². The molecule has 0 bridgehead atoms. The van der Waals surface area contributed by atoms with Crippen molar-refractivity contribution in [1.29, 1.82) is 0 Å². The van der Waals surface area contributed by atoms with E-state index in [2.05, 4.69) is 163 Å². The minimum atomic E-state index is -3.95. The van der Waals surface area contributed by atoms with Gasteiger partial charge in [0, 0.05) is 0 Å². The van der Waals surface area contributed by atoms with Crippen LogP contribution in [0.25, 0.3) is 56.0 Å². The molecule has 2 saturated carbocycles. The summed E-state index contributed by atoms with van der Waals surface area (Å²) >= 11 is -3.95. The maximum atomic E-state index is 2.89. The maximum Gasteiger partial charge on any atom is -0.147 e. The van der Waals surface area contributed by atoms with Crippen molar-refractivity contribution in [2.75, 3.05) is 0 Å². The Kier molecular flexibility index (Phi) is 11.1.